The summed E-state index contributed by atoms with van der Waals surface area (Å²) in [5.41, 5.74) is 4.62. The summed E-state index contributed by atoms with van der Waals surface area (Å²) >= 11 is 0. The normalized spacial score (nSPS) is 12.8. The van der Waals surface area contributed by atoms with Crippen molar-refractivity contribution < 1.29 is 14.6 Å². The number of carboxylic acid groups (broad SMARTS) is 1. The van der Waals surface area contributed by atoms with Gasteiger partial charge >= 0.3 is 0 Å². The van der Waals surface area contributed by atoms with Crippen molar-refractivity contribution in [2.24, 2.45) is 0 Å². The van der Waals surface area contributed by atoms with Crippen molar-refractivity contribution in [1.82, 2.24) is 19.9 Å². The Morgan fingerprint density at radius 3 is 2.44 bits per heavy atom. The largest absolute Gasteiger partial charge is 0.481 e. The van der Waals surface area contributed by atoms with Gasteiger partial charge in [-0.3, -0.25) is 14.8 Å². The lowest BCUT2D eigenvalue weighted by atomic mass is 9.92. The highest BCUT2D eigenvalue weighted by Crippen LogP contribution is 2.34. The summed E-state index contributed by atoms with van der Waals surface area (Å²) in [6, 6.07) is 7.84. The first-order valence-corrected chi connectivity index (χ1v) is 9.98. The molecule has 4 rings (SSSR count). The molecule has 1 aliphatic rings. The molecule has 8 heteroatoms. The number of anilines is 1. The summed E-state index contributed by atoms with van der Waals surface area (Å²) in [4.78, 5) is 29.4. The van der Waals surface area contributed by atoms with Gasteiger partial charge in [-0.1, -0.05) is 19.2 Å². The maximum Gasteiger partial charge on any atom is 0.300 e. The number of aromatic nitrogens is 4. The van der Waals surface area contributed by atoms with E-state index in [1.807, 2.05) is 24.3 Å². The second-order valence-electron chi connectivity index (χ2n) is 7.05. The average molecular weight is 431 g/mol. The predicted molar refractivity (Wildman–Crippen MR) is 124 cm³/mol. The fourth-order valence-electron chi connectivity index (χ4n) is 3.34. The first-order chi connectivity index (χ1) is 15.5. The van der Waals surface area contributed by atoms with Crippen LogP contribution in [0.3, 0.4) is 0 Å². The lowest BCUT2D eigenvalue weighted by molar-refractivity contribution is -0.134. The second-order valence-corrected chi connectivity index (χ2v) is 7.05. The molecule has 1 fully saturated rings. The molecule has 1 N–H and O–H groups in total. The number of rotatable bonds is 6. The number of carboxylic acids is 1. The first-order valence-electron chi connectivity index (χ1n) is 9.98. The van der Waals surface area contributed by atoms with Crippen LogP contribution in [0.1, 0.15) is 29.8 Å². The molecular formula is C24H25N5O3. The fraction of sp³-hybridized carbons (Fsp3) is 0.208. The molecule has 0 amide bonds. The highest BCUT2D eigenvalue weighted by atomic mass is 16.5. The molecule has 1 aliphatic heterocycles. The van der Waals surface area contributed by atoms with Gasteiger partial charge in [-0.15, -0.1) is 0 Å². The van der Waals surface area contributed by atoms with E-state index in [9.17, 15) is 0 Å². The van der Waals surface area contributed by atoms with E-state index in [1.54, 1.807) is 37.9 Å². The number of pyridine rings is 2. The van der Waals surface area contributed by atoms with Crippen molar-refractivity contribution in [3.05, 3.63) is 73.0 Å². The lowest BCUT2D eigenvalue weighted by Crippen LogP contribution is -2.46. The Bertz CT molecular complexity index is 1100. The van der Waals surface area contributed by atoms with Gasteiger partial charge in [0.15, 0.2) is 0 Å². The number of ether oxygens (including phenoxy) is 1. The summed E-state index contributed by atoms with van der Waals surface area (Å²) in [7, 11) is 1.60. The van der Waals surface area contributed by atoms with E-state index in [4.69, 9.17) is 14.6 Å². The van der Waals surface area contributed by atoms with Crippen molar-refractivity contribution >= 4 is 23.9 Å². The van der Waals surface area contributed by atoms with Gasteiger partial charge in [-0.05, 0) is 29.8 Å². The Morgan fingerprint density at radius 2 is 1.84 bits per heavy atom. The summed E-state index contributed by atoms with van der Waals surface area (Å²) < 4.78 is 5.14. The first kappa shape index (κ1) is 22.6. The standard InChI is InChI=1S/C22H21N5O.C2H4O2/c1-4-15-6-8-19(26-18(15)5-2)27-13-17(14-27)22-21(23-10-11-24-22)16-7-9-20(28-3)25-12-16;1-2(3)4/h4-12,17H,1-2,13-14H2,3H3;1H3,(H,3,4). The minimum absolute atomic E-state index is 0.291. The van der Waals surface area contributed by atoms with Crippen LogP contribution in [-0.4, -0.2) is 51.2 Å². The molecule has 0 aromatic carbocycles. The fourth-order valence-corrected chi connectivity index (χ4v) is 3.34. The van der Waals surface area contributed by atoms with Gasteiger partial charge < -0.3 is 14.7 Å². The van der Waals surface area contributed by atoms with E-state index >= 15 is 0 Å². The summed E-state index contributed by atoms with van der Waals surface area (Å²) in [6.07, 6.45) is 8.78. The molecule has 3 aromatic rings. The van der Waals surface area contributed by atoms with E-state index in [0.29, 0.717) is 11.8 Å². The van der Waals surface area contributed by atoms with Crippen molar-refractivity contribution in [3.63, 3.8) is 0 Å². The van der Waals surface area contributed by atoms with Crippen molar-refractivity contribution in [2.45, 2.75) is 12.8 Å². The van der Waals surface area contributed by atoms with Crippen molar-refractivity contribution in [3.8, 4) is 17.1 Å². The topological polar surface area (TPSA) is 101 Å². The second kappa shape index (κ2) is 10.3. The maximum atomic E-state index is 9.00. The molecule has 164 valence electrons. The third-order valence-electron chi connectivity index (χ3n) is 4.89. The minimum atomic E-state index is -0.833. The molecule has 0 aliphatic carbocycles. The van der Waals surface area contributed by atoms with Crippen molar-refractivity contribution in [1.29, 1.82) is 0 Å². The lowest BCUT2D eigenvalue weighted by Gasteiger charge is -2.40. The van der Waals surface area contributed by atoms with Crippen LogP contribution in [0.15, 0.2) is 56.0 Å². The summed E-state index contributed by atoms with van der Waals surface area (Å²) in [6.45, 7) is 10.4. The number of nitrogens with zero attached hydrogens (tertiary/aromatic N) is 5. The quantitative estimate of drug-likeness (QED) is 0.627. The molecule has 0 saturated carbocycles. The number of methoxy groups -OCH3 is 1. The van der Waals surface area contributed by atoms with Crippen LogP contribution in [0, 0.1) is 0 Å². The molecule has 0 atom stereocenters. The van der Waals surface area contributed by atoms with E-state index in [1.165, 1.54) is 0 Å². The smallest absolute Gasteiger partial charge is 0.300 e. The molecule has 3 aromatic heterocycles. The van der Waals surface area contributed by atoms with Gasteiger partial charge in [0.25, 0.3) is 5.97 Å². The van der Waals surface area contributed by atoms with Crippen LogP contribution in [0.4, 0.5) is 5.82 Å². The highest BCUT2D eigenvalue weighted by molar-refractivity contribution is 5.65. The Morgan fingerprint density at radius 1 is 1.12 bits per heavy atom. The molecular weight excluding hydrogens is 406 g/mol. The molecule has 0 unspecified atom stereocenters. The molecule has 32 heavy (non-hydrogen) atoms. The zero-order valence-electron chi connectivity index (χ0n) is 18.1. The highest BCUT2D eigenvalue weighted by Gasteiger charge is 2.32. The van der Waals surface area contributed by atoms with Gasteiger partial charge in [0.05, 0.1) is 24.2 Å². The molecule has 4 heterocycles. The zero-order valence-corrected chi connectivity index (χ0v) is 18.1. The van der Waals surface area contributed by atoms with Gasteiger partial charge in [0, 0.05) is 56.2 Å². The summed E-state index contributed by atoms with van der Waals surface area (Å²) in [5, 5.41) is 7.42. The Balaban J connectivity index is 0.000000668. The van der Waals surface area contributed by atoms with Gasteiger partial charge in [0.1, 0.15) is 5.82 Å². The van der Waals surface area contributed by atoms with Crippen LogP contribution in [-0.2, 0) is 4.79 Å². The van der Waals surface area contributed by atoms with Gasteiger partial charge in [0.2, 0.25) is 5.88 Å². The monoisotopic (exact) mass is 431 g/mol. The van der Waals surface area contributed by atoms with E-state index < -0.39 is 5.97 Å². The van der Waals surface area contributed by atoms with Crippen LogP contribution in [0.5, 0.6) is 5.88 Å². The maximum absolute atomic E-state index is 9.00. The Labute approximate surface area is 187 Å². The van der Waals surface area contributed by atoms with Crippen LogP contribution < -0.4 is 9.64 Å². The molecule has 0 spiro atoms. The minimum Gasteiger partial charge on any atom is -0.481 e. The van der Waals surface area contributed by atoms with E-state index in [2.05, 4.69) is 38.0 Å². The number of carbonyl (C=O) groups is 1. The van der Waals surface area contributed by atoms with Crippen LogP contribution in [0.25, 0.3) is 23.4 Å². The molecule has 1 saturated heterocycles. The predicted octanol–water partition coefficient (Wildman–Crippen LogP) is 3.92. The van der Waals surface area contributed by atoms with Gasteiger partial charge in [-0.25, -0.2) is 9.97 Å². The number of aliphatic carboxylic acids is 1. The molecule has 0 bridgehead atoms. The van der Waals surface area contributed by atoms with Crippen LogP contribution >= 0.6 is 0 Å². The molecule has 0 radical (unpaired) electrons. The van der Waals surface area contributed by atoms with Crippen molar-refractivity contribution in [2.75, 3.05) is 25.1 Å². The molecule has 8 nitrogen and oxygen atoms in total. The zero-order chi connectivity index (χ0) is 23.1. The van der Waals surface area contributed by atoms with E-state index in [0.717, 1.165) is 54.0 Å². The Hall–Kier alpha value is -4.07. The Kier molecular flexibility index (Phi) is 7.28. The SMILES string of the molecule is C=Cc1ccc(N2CC(c3nccnc3-c3ccc(OC)nc3)C2)nc1C=C.CC(=O)O. The average Bonchev–Trinajstić information content (AvgIpc) is 2.78. The summed E-state index contributed by atoms with van der Waals surface area (Å²) in [5.74, 6) is 0.975. The third kappa shape index (κ3) is 5.15. The number of hydrogen-bond donors (Lipinski definition) is 1. The third-order valence-corrected chi connectivity index (χ3v) is 4.89. The number of hydrogen-bond acceptors (Lipinski definition) is 7. The van der Waals surface area contributed by atoms with Gasteiger partial charge in [-0.2, -0.15) is 0 Å². The van der Waals surface area contributed by atoms with Crippen LogP contribution in [0.2, 0.25) is 0 Å². The van der Waals surface area contributed by atoms with E-state index in [-0.39, 0.29) is 0 Å².